The summed E-state index contributed by atoms with van der Waals surface area (Å²) in [5.74, 6) is -0.778. The maximum absolute atomic E-state index is 13.2. The highest BCUT2D eigenvalue weighted by atomic mass is 19.4. The Morgan fingerprint density at radius 2 is 1.81 bits per heavy atom. The average molecular weight is 432 g/mol. The Morgan fingerprint density at radius 3 is 2.45 bits per heavy atom. The van der Waals surface area contributed by atoms with Crippen molar-refractivity contribution >= 4 is 17.5 Å². The van der Waals surface area contributed by atoms with Gasteiger partial charge in [0.1, 0.15) is 5.75 Å². The zero-order valence-electron chi connectivity index (χ0n) is 17.1. The molecule has 0 bridgehead atoms. The highest BCUT2D eigenvalue weighted by Gasteiger charge is 2.52. The van der Waals surface area contributed by atoms with Crippen molar-refractivity contribution in [2.75, 3.05) is 24.5 Å². The second-order valence-corrected chi connectivity index (χ2v) is 8.42. The molecule has 0 N–H and O–H groups in total. The van der Waals surface area contributed by atoms with Crippen molar-refractivity contribution in [3.63, 3.8) is 0 Å². The molecule has 0 saturated carbocycles. The molecule has 8 heteroatoms. The van der Waals surface area contributed by atoms with Crippen LogP contribution < -0.4 is 9.64 Å². The lowest BCUT2D eigenvalue weighted by Gasteiger charge is -2.40. The molecule has 0 spiro atoms. The van der Waals surface area contributed by atoms with Crippen LogP contribution in [0.2, 0.25) is 0 Å². The minimum absolute atomic E-state index is 0.00479. The molecule has 5 nitrogen and oxygen atoms in total. The molecule has 2 aromatic rings. The Kier molecular flexibility index (Phi) is 5.41. The predicted octanol–water partition coefficient (Wildman–Crippen LogP) is 4.03. The number of ether oxygens (including phenoxy) is 1. The number of hydrogen-bond acceptors (Lipinski definition) is 3. The number of alkyl halides is 3. The molecule has 2 heterocycles. The second kappa shape index (κ2) is 7.90. The van der Waals surface area contributed by atoms with Gasteiger partial charge in [-0.05, 0) is 36.2 Å². The highest BCUT2D eigenvalue weighted by molar-refractivity contribution is 5.97. The van der Waals surface area contributed by atoms with Crippen LogP contribution in [0.15, 0.2) is 54.6 Å². The number of anilines is 1. The summed E-state index contributed by atoms with van der Waals surface area (Å²) in [6, 6.07) is 14.8. The molecule has 0 radical (unpaired) electrons. The zero-order valence-corrected chi connectivity index (χ0v) is 17.1. The van der Waals surface area contributed by atoms with Gasteiger partial charge >= 0.3 is 6.36 Å². The normalized spacial score (nSPS) is 23.6. The monoisotopic (exact) mass is 432 g/mol. The summed E-state index contributed by atoms with van der Waals surface area (Å²) in [5.41, 5.74) is 1.15. The van der Waals surface area contributed by atoms with E-state index in [1.165, 1.54) is 24.3 Å². The topological polar surface area (TPSA) is 49.9 Å². The molecule has 2 aromatic carbocycles. The third-order valence-corrected chi connectivity index (χ3v) is 6.20. The van der Waals surface area contributed by atoms with E-state index in [9.17, 15) is 22.8 Å². The van der Waals surface area contributed by atoms with Crippen LogP contribution in [0.3, 0.4) is 0 Å². The number of hydrogen-bond donors (Lipinski definition) is 0. The van der Waals surface area contributed by atoms with E-state index >= 15 is 0 Å². The van der Waals surface area contributed by atoms with Gasteiger partial charge in [0.25, 0.3) is 0 Å². The summed E-state index contributed by atoms with van der Waals surface area (Å²) >= 11 is 0. The minimum atomic E-state index is -4.76. The van der Waals surface area contributed by atoms with Crippen molar-refractivity contribution in [1.82, 2.24) is 4.90 Å². The molecule has 4 rings (SSSR count). The second-order valence-electron chi connectivity index (χ2n) is 8.42. The fraction of sp³-hybridized carbons (Fsp3) is 0.391. The van der Waals surface area contributed by atoms with E-state index in [-0.39, 0.29) is 28.9 Å². The van der Waals surface area contributed by atoms with Crippen LogP contribution in [0.5, 0.6) is 5.75 Å². The van der Waals surface area contributed by atoms with E-state index < -0.39 is 6.36 Å². The third-order valence-electron chi connectivity index (χ3n) is 6.20. The van der Waals surface area contributed by atoms with Gasteiger partial charge < -0.3 is 14.5 Å². The van der Waals surface area contributed by atoms with Gasteiger partial charge in [0, 0.05) is 30.7 Å². The number of rotatable bonds is 4. The van der Waals surface area contributed by atoms with Gasteiger partial charge in [0.2, 0.25) is 11.8 Å². The molecular formula is C23H23F3N2O3. The summed E-state index contributed by atoms with van der Waals surface area (Å²) in [6.07, 6.45) is -3.76. The van der Waals surface area contributed by atoms with Crippen molar-refractivity contribution < 1.29 is 27.5 Å². The Balaban J connectivity index is 1.45. The maximum Gasteiger partial charge on any atom is 0.573 e. The third kappa shape index (κ3) is 4.52. The number of carbonyl (C=O) groups excluding carboxylic acids is 2. The lowest BCUT2D eigenvalue weighted by Crippen LogP contribution is -2.50. The van der Waals surface area contributed by atoms with Gasteiger partial charge in [-0.25, -0.2) is 0 Å². The highest BCUT2D eigenvalue weighted by Crippen LogP contribution is 2.44. The van der Waals surface area contributed by atoms with Gasteiger partial charge in [-0.3, -0.25) is 9.59 Å². The first-order valence-electron chi connectivity index (χ1n) is 10.1. The molecule has 2 aliphatic rings. The van der Waals surface area contributed by atoms with Gasteiger partial charge in [0.15, 0.2) is 0 Å². The van der Waals surface area contributed by atoms with Gasteiger partial charge in [0.05, 0.1) is 12.3 Å². The van der Waals surface area contributed by atoms with E-state index in [4.69, 9.17) is 0 Å². The van der Waals surface area contributed by atoms with E-state index in [1.807, 2.05) is 37.3 Å². The quantitative estimate of drug-likeness (QED) is 0.733. The number of nitrogens with zero attached hydrogens (tertiary/aromatic N) is 2. The van der Waals surface area contributed by atoms with E-state index in [1.54, 1.807) is 9.80 Å². The molecule has 164 valence electrons. The zero-order chi connectivity index (χ0) is 22.2. The van der Waals surface area contributed by atoms with Crippen molar-refractivity contribution in [3.05, 3.63) is 60.2 Å². The van der Waals surface area contributed by atoms with Crippen LogP contribution in [0.25, 0.3) is 0 Å². The Hall–Kier alpha value is -3.03. The number of benzene rings is 2. The summed E-state index contributed by atoms with van der Waals surface area (Å²) in [4.78, 5) is 29.4. The first-order valence-corrected chi connectivity index (χ1v) is 10.1. The Labute approximate surface area is 178 Å². The van der Waals surface area contributed by atoms with Gasteiger partial charge in [-0.2, -0.15) is 0 Å². The molecule has 2 fully saturated rings. The number of piperidine rings is 1. The summed E-state index contributed by atoms with van der Waals surface area (Å²) in [5, 5.41) is 0. The first kappa shape index (κ1) is 21.2. The van der Waals surface area contributed by atoms with Crippen LogP contribution >= 0.6 is 0 Å². The first-order chi connectivity index (χ1) is 14.6. The summed E-state index contributed by atoms with van der Waals surface area (Å²) < 4.78 is 41.0. The summed E-state index contributed by atoms with van der Waals surface area (Å²) in [6.45, 7) is 3.36. The van der Waals surface area contributed by atoms with Crippen molar-refractivity contribution in [3.8, 4) is 5.75 Å². The molecule has 2 amide bonds. The molecule has 0 aliphatic carbocycles. The molecule has 2 atom stereocenters. The van der Waals surface area contributed by atoms with Crippen LogP contribution in [-0.4, -0.2) is 42.7 Å². The van der Waals surface area contributed by atoms with Gasteiger partial charge in [-0.15, -0.1) is 13.2 Å². The number of amides is 2. The van der Waals surface area contributed by atoms with Crippen LogP contribution in [0.4, 0.5) is 18.9 Å². The summed E-state index contributed by atoms with van der Waals surface area (Å²) in [7, 11) is 0. The molecule has 31 heavy (non-hydrogen) atoms. The number of carbonyl (C=O) groups is 2. The molecular weight excluding hydrogens is 409 g/mol. The van der Waals surface area contributed by atoms with Crippen molar-refractivity contribution in [1.29, 1.82) is 0 Å². The molecule has 0 aromatic heterocycles. The van der Waals surface area contributed by atoms with Gasteiger partial charge in [-0.1, -0.05) is 37.3 Å². The lowest BCUT2D eigenvalue weighted by atomic mass is 9.73. The van der Waals surface area contributed by atoms with E-state index in [0.29, 0.717) is 38.2 Å². The maximum atomic E-state index is 13.2. The van der Waals surface area contributed by atoms with E-state index in [0.717, 1.165) is 5.56 Å². The fourth-order valence-corrected chi connectivity index (χ4v) is 4.50. The number of halogens is 3. The largest absolute Gasteiger partial charge is 0.573 e. The van der Waals surface area contributed by atoms with E-state index in [2.05, 4.69) is 4.74 Å². The fourth-order valence-electron chi connectivity index (χ4n) is 4.50. The SMILES string of the molecule is C[C@@]12CCN(c3ccc(OC(F)(F)F)cc3)C(=O)[C@@H]1CN(C(=O)Cc1ccccc1)C2. The van der Waals surface area contributed by atoms with Crippen molar-refractivity contribution in [2.45, 2.75) is 26.1 Å². The smallest absolute Gasteiger partial charge is 0.406 e. The van der Waals surface area contributed by atoms with Crippen molar-refractivity contribution in [2.24, 2.45) is 11.3 Å². The van der Waals surface area contributed by atoms with Crippen LogP contribution in [0.1, 0.15) is 18.9 Å². The minimum Gasteiger partial charge on any atom is -0.406 e. The lowest BCUT2D eigenvalue weighted by molar-refractivity contribution is -0.274. The number of fused-ring (bicyclic) bond motifs is 1. The number of likely N-dealkylation sites (tertiary alicyclic amines) is 1. The standard InChI is InChI=1S/C23H23F3N2O3/c1-22-11-12-28(17-7-9-18(10-8-17)31-23(24,25)26)21(30)19(22)14-27(15-22)20(29)13-16-5-3-2-4-6-16/h2-10,19H,11-15H2,1H3/t19-,22-/m0/s1. The van der Waals surface area contributed by atoms with Crippen LogP contribution in [0, 0.1) is 11.3 Å². The van der Waals surface area contributed by atoms with Crippen LogP contribution in [-0.2, 0) is 16.0 Å². The molecule has 2 aliphatic heterocycles. The average Bonchev–Trinajstić information content (AvgIpc) is 3.08. The molecule has 0 unspecified atom stereocenters. The Morgan fingerprint density at radius 1 is 1.13 bits per heavy atom. The Bertz CT molecular complexity index is 962. The molecule has 2 saturated heterocycles. The predicted molar refractivity (Wildman–Crippen MR) is 108 cm³/mol.